The molecule has 0 saturated carbocycles. The first kappa shape index (κ1) is 16.5. The molecule has 1 aliphatic rings. The van der Waals surface area contributed by atoms with Crippen molar-refractivity contribution in [2.75, 3.05) is 13.2 Å². The topological polar surface area (TPSA) is 46.6 Å². The van der Waals surface area contributed by atoms with Crippen molar-refractivity contribution in [2.45, 2.75) is 6.92 Å². The van der Waals surface area contributed by atoms with E-state index in [1.807, 2.05) is 36.4 Å². The molecule has 0 atom stereocenters. The molecule has 2 rings (SSSR count). The number of allylic oxidation sites excluding steroid dienone is 2. The van der Waals surface area contributed by atoms with Crippen LogP contribution in [0.1, 0.15) is 12.5 Å². The summed E-state index contributed by atoms with van der Waals surface area (Å²) in [7, 11) is 0. The van der Waals surface area contributed by atoms with E-state index in [2.05, 4.69) is 0 Å². The Morgan fingerprint density at radius 3 is 2.77 bits per heavy atom. The second kappa shape index (κ2) is 7.91. The molecule has 1 saturated heterocycles. The molecule has 0 bridgehead atoms. The third-order valence-electron chi connectivity index (χ3n) is 2.80. The largest absolute Gasteiger partial charge is 0.465 e. The number of hydrogen-bond acceptors (Lipinski definition) is 5. The number of carbonyl (C=O) groups excluding carboxylic acids is 2. The zero-order valence-electron chi connectivity index (χ0n) is 12.0. The molecule has 0 spiro atoms. The standard InChI is InChI=1S/C16H15NO3S2/c1-2-20-14(18)11-17-15(19)13(22-16(17)21)10-6-9-12-7-4-3-5-8-12/h3-10H,2,11H2,1H3. The van der Waals surface area contributed by atoms with E-state index in [0.717, 1.165) is 5.56 Å². The Labute approximate surface area is 138 Å². The van der Waals surface area contributed by atoms with Gasteiger partial charge in [0.25, 0.3) is 5.91 Å². The second-order valence-electron chi connectivity index (χ2n) is 4.37. The van der Waals surface area contributed by atoms with Gasteiger partial charge in [-0.2, -0.15) is 0 Å². The number of esters is 1. The molecular formula is C16H15NO3S2. The second-order valence-corrected chi connectivity index (χ2v) is 6.04. The van der Waals surface area contributed by atoms with Crippen molar-refractivity contribution in [3.8, 4) is 0 Å². The molecule has 0 unspecified atom stereocenters. The van der Waals surface area contributed by atoms with Crippen molar-refractivity contribution in [2.24, 2.45) is 0 Å². The van der Waals surface area contributed by atoms with Crippen LogP contribution >= 0.6 is 24.0 Å². The number of rotatable bonds is 5. The van der Waals surface area contributed by atoms with Crippen LogP contribution in [0, 0.1) is 0 Å². The highest BCUT2D eigenvalue weighted by Crippen LogP contribution is 2.30. The van der Waals surface area contributed by atoms with Crippen LogP contribution in [0.15, 0.2) is 47.4 Å². The maximum Gasteiger partial charge on any atom is 0.326 e. The Morgan fingerprint density at radius 1 is 1.36 bits per heavy atom. The molecule has 1 heterocycles. The number of ether oxygens (including phenoxy) is 1. The Kier molecular flexibility index (Phi) is 5.91. The van der Waals surface area contributed by atoms with E-state index in [1.165, 1.54) is 16.7 Å². The van der Waals surface area contributed by atoms with Gasteiger partial charge in [0.05, 0.1) is 11.5 Å². The minimum absolute atomic E-state index is 0.141. The van der Waals surface area contributed by atoms with Crippen LogP contribution in [0.4, 0.5) is 0 Å². The molecule has 6 heteroatoms. The third-order valence-corrected chi connectivity index (χ3v) is 4.20. The van der Waals surface area contributed by atoms with Crippen molar-refractivity contribution in [1.29, 1.82) is 0 Å². The molecule has 0 N–H and O–H groups in total. The molecular weight excluding hydrogens is 318 g/mol. The number of carbonyl (C=O) groups is 2. The number of benzene rings is 1. The molecule has 1 aromatic carbocycles. The molecule has 0 radical (unpaired) electrons. The Bertz CT molecular complexity index is 638. The number of amides is 1. The maximum absolute atomic E-state index is 12.2. The fourth-order valence-corrected chi connectivity index (χ4v) is 3.00. The first-order valence-corrected chi connectivity index (χ1v) is 7.97. The predicted octanol–water partition coefficient (Wildman–Crippen LogP) is 3.01. The molecule has 22 heavy (non-hydrogen) atoms. The molecule has 1 aromatic rings. The Morgan fingerprint density at radius 2 is 2.09 bits per heavy atom. The summed E-state index contributed by atoms with van der Waals surface area (Å²) in [5, 5.41) is 0. The summed E-state index contributed by atoms with van der Waals surface area (Å²) in [5.74, 6) is -0.722. The highest BCUT2D eigenvalue weighted by Gasteiger charge is 2.33. The van der Waals surface area contributed by atoms with Crippen molar-refractivity contribution < 1.29 is 14.3 Å². The van der Waals surface area contributed by atoms with Crippen molar-refractivity contribution in [1.82, 2.24) is 4.90 Å². The highest BCUT2D eigenvalue weighted by atomic mass is 32.2. The van der Waals surface area contributed by atoms with E-state index < -0.39 is 5.97 Å². The van der Waals surface area contributed by atoms with Gasteiger partial charge in [0.15, 0.2) is 0 Å². The van der Waals surface area contributed by atoms with Gasteiger partial charge in [-0.1, -0.05) is 66.5 Å². The van der Waals surface area contributed by atoms with Gasteiger partial charge >= 0.3 is 5.97 Å². The summed E-state index contributed by atoms with van der Waals surface area (Å²) in [6.45, 7) is 1.86. The van der Waals surface area contributed by atoms with Gasteiger partial charge < -0.3 is 4.74 Å². The van der Waals surface area contributed by atoms with Crippen LogP contribution < -0.4 is 0 Å². The normalized spacial score (nSPS) is 16.8. The monoisotopic (exact) mass is 333 g/mol. The van der Waals surface area contributed by atoms with E-state index in [9.17, 15) is 9.59 Å². The summed E-state index contributed by atoms with van der Waals surface area (Å²) in [6, 6.07) is 9.77. The van der Waals surface area contributed by atoms with E-state index in [0.29, 0.717) is 9.23 Å². The molecule has 1 aliphatic heterocycles. The van der Waals surface area contributed by atoms with E-state index in [4.69, 9.17) is 17.0 Å². The lowest BCUT2D eigenvalue weighted by Gasteiger charge is -2.12. The van der Waals surface area contributed by atoms with Gasteiger partial charge in [0.2, 0.25) is 0 Å². The van der Waals surface area contributed by atoms with Gasteiger partial charge in [0.1, 0.15) is 10.9 Å². The number of nitrogens with zero attached hydrogens (tertiary/aromatic N) is 1. The summed E-state index contributed by atoms with van der Waals surface area (Å²) in [4.78, 5) is 25.4. The van der Waals surface area contributed by atoms with Crippen molar-refractivity contribution in [3.63, 3.8) is 0 Å². The average Bonchev–Trinajstić information content (AvgIpc) is 2.76. The quantitative estimate of drug-likeness (QED) is 0.471. The lowest BCUT2D eigenvalue weighted by Crippen LogP contribution is -2.34. The minimum Gasteiger partial charge on any atom is -0.465 e. The molecule has 1 amide bonds. The van der Waals surface area contributed by atoms with Gasteiger partial charge in [-0.25, -0.2) is 0 Å². The van der Waals surface area contributed by atoms with Gasteiger partial charge in [-0.15, -0.1) is 0 Å². The van der Waals surface area contributed by atoms with E-state index >= 15 is 0 Å². The molecule has 4 nitrogen and oxygen atoms in total. The van der Waals surface area contributed by atoms with Gasteiger partial charge in [-0.05, 0) is 18.6 Å². The molecule has 0 aromatic heterocycles. The molecule has 0 aliphatic carbocycles. The van der Waals surface area contributed by atoms with Crippen molar-refractivity contribution in [3.05, 3.63) is 53.0 Å². The van der Waals surface area contributed by atoms with E-state index in [-0.39, 0.29) is 19.1 Å². The zero-order valence-corrected chi connectivity index (χ0v) is 13.7. The van der Waals surface area contributed by atoms with Crippen LogP contribution in [0.2, 0.25) is 0 Å². The van der Waals surface area contributed by atoms with Crippen LogP contribution in [-0.4, -0.2) is 34.2 Å². The summed E-state index contributed by atoms with van der Waals surface area (Å²) in [6.07, 6.45) is 5.40. The molecule has 114 valence electrons. The molecule has 1 fully saturated rings. The minimum atomic E-state index is -0.458. The zero-order chi connectivity index (χ0) is 15.9. The van der Waals surface area contributed by atoms with Crippen LogP contribution in [0.5, 0.6) is 0 Å². The third kappa shape index (κ3) is 4.29. The number of thiocarbonyl (C=S) groups is 1. The fourth-order valence-electron chi connectivity index (χ4n) is 1.80. The van der Waals surface area contributed by atoms with Gasteiger partial charge in [-0.3, -0.25) is 14.5 Å². The number of hydrogen-bond donors (Lipinski definition) is 0. The van der Waals surface area contributed by atoms with Crippen LogP contribution in [-0.2, 0) is 14.3 Å². The van der Waals surface area contributed by atoms with Crippen LogP contribution in [0.3, 0.4) is 0 Å². The summed E-state index contributed by atoms with van der Waals surface area (Å²) >= 11 is 6.32. The first-order valence-electron chi connectivity index (χ1n) is 6.74. The van der Waals surface area contributed by atoms with Crippen molar-refractivity contribution >= 4 is 46.3 Å². The lowest BCUT2D eigenvalue weighted by molar-refractivity contribution is -0.145. The lowest BCUT2D eigenvalue weighted by atomic mass is 10.2. The van der Waals surface area contributed by atoms with Gasteiger partial charge in [0, 0.05) is 0 Å². The predicted molar refractivity (Wildman–Crippen MR) is 92.1 cm³/mol. The highest BCUT2D eigenvalue weighted by molar-refractivity contribution is 8.26. The SMILES string of the molecule is CCOC(=O)CN1C(=O)C(=CC=Cc2ccccc2)SC1=S. The van der Waals surface area contributed by atoms with Crippen LogP contribution in [0.25, 0.3) is 6.08 Å². The smallest absolute Gasteiger partial charge is 0.326 e. The average molecular weight is 333 g/mol. The Balaban J connectivity index is 2.03. The van der Waals surface area contributed by atoms with E-state index in [1.54, 1.807) is 19.1 Å². The maximum atomic E-state index is 12.2. The fraction of sp³-hybridized carbons (Fsp3) is 0.188. The summed E-state index contributed by atoms with van der Waals surface area (Å²) < 4.78 is 5.21. The first-order chi connectivity index (χ1) is 10.6. The number of thioether (sulfide) groups is 1. The summed E-state index contributed by atoms with van der Waals surface area (Å²) in [5.41, 5.74) is 1.04. The Hall–Kier alpha value is -1.92.